The Morgan fingerprint density at radius 3 is 2.55 bits per heavy atom. The van der Waals surface area contributed by atoms with Gasteiger partial charge in [0.2, 0.25) is 0 Å². The van der Waals surface area contributed by atoms with Gasteiger partial charge in [0.25, 0.3) is 5.91 Å². The molecule has 0 aromatic heterocycles. The molecule has 2 atom stereocenters. The summed E-state index contributed by atoms with van der Waals surface area (Å²) < 4.78 is 0. The highest BCUT2D eigenvalue weighted by Crippen LogP contribution is 2.25. The maximum atomic E-state index is 12.3. The molecule has 4 nitrogen and oxygen atoms in total. The van der Waals surface area contributed by atoms with Gasteiger partial charge in [-0.3, -0.25) is 4.79 Å². The van der Waals surface area contributed by atoms with Gasteiger partial charge in [0.1, 0.15) is 0 Å². The molecule has 122 valence electrons. The van der Waals surface area contributed by atoms with E-state index in [1.165, 1.54) is 0 Å². The highest BCUT2D eigenvalue weighted by Gasteiger charge is 2.28. The monoisotopic (exact) mass is 305 g/mol. The van der Waals surface area contributed by atoms with E-state index in [4.69, 9.17) is 0 Å². The van der Waals surface area contributed by atoms with Gasteiger partial charge in [-0.1, -0.05) is 18.6 Å². The number of aliphatic hydroxyl groups is 2. The zero-order valence-corrected chi connectivity index (χ0v) is 13.5. The topological polar surface area (TPSA) is 69.6 Å². The highest BCUT2D eigenvalue weighted by atomic mass is 16.3. The lowest BCUT2D eigenvalue weighted by Gasteiger charge is -2.19. The standard InChI is InChI=1S/C18H27NO3/c1-18(2,22)11-10-13-6-8-14(9-7-13)17(21)19-16-5-3-4-15(16)12-20/h6-9,15-16,20,22H,3-5,10-12H2,1-2H3,(H,19,21). The predicted molar refractivity (Wildman–Crippen MR) is 86.7 cm³/mol. The molecule has 4 heteroatoms. The lowest BCUT2D eigenvalue weighted by molar-refractivity contribution is 0.0713. The fourth-order valence-electron chi connectivity index (χ4n) is 2.97. The van der Waals surface area contributed by atoms with Gasteiger partial charge in [-0.25, -0.2) is 0 Å². The number of nitrogens with one attached hydrogen (secondary N) is 1. The van der Waals surface area contributed by atoms with Gasteiger partial charge in [-0.05, 0) is 57.2 Å². The quantitative estimate of drug-likeness (QED) is 0.755. The Morgan fingerprint density at radius 1 is 1.27 bits per heavy atom. The zero-order chi connectivity index (χ0) is 16.2. The first-order valence-corrected chi connectivity index (χ1v) is 8.12. The van der Waals surface area contributed by atoms with Crippen LogP contribution in [-0.2, 0) is 6.42 Å². The molecule has 0 spiro atoms. The lowest BCUT2D eigenvalue weighted by Crippen LogP contribution is -2.38. The second kappa shape index (κ2) is 7.25. The van der Waals surface area contributed by atoms with Crippen molar-refractivity contribution < 1.29 is 15.0 Å². The summed E-state index contributed by atoms with van der Waals surface area (Å²) in [5, 5.41) is 22.1. The summed E-state index contributed by atoms with van der Waals surface area (Å²) in [5.74, 6) is 0.120. The molecule has 0 heterocycles. The zero-order valence-electron chi connectivity index (χ0n) is 13.5. The van der Waals surface area contributed by atoms with Crippen LogP contribution >= 0.6 is 0 Å². The Labute approximate surface area is 132 Å². The molecule has 2 rings (SSSR count). The summed E-state index contributed by atoms with van der Waals surface area (Å²) in [7, 11) is 0. The number of amides is 1. The van der Waals surface area contributed by atoms with Crippen LogP contribution in [0.2, 0.25) is 0 Å². The summed E-state index contributed by atoms with van der Waals surface area (Å²) >= 11 is 0. The van der Waals surface area contributed by atoms with Crippen molar-refractivity contribution in [3.8, 4) is 0 Å². The largest absolute Gasteiger partial charge is 0.396 e. The lowest BCUT2D eigenvalue weighted by atomic mass is 9.98. The van der Waals surface area contributed by atoms with Gasteiger partial charge in [0.15, 0.2) is 0 Å². The Bertz CT molecular complexity index is 490. The Balaban J connectivity index is 1.91. The fourth-order valence-corrected chi connectivity index (χ4v) is 2.97. The maximum Gasteiger partial charge on any atom is 0.251 e. The van der Waals surface area contributed by atoms with Crippen molar-refractivity contribution in [2.24, 2.45) is 5.92 Å². The first-order chi connectivity index (χ1) is 10.4. The summed E-state index contributed by atoms with van der Waals surface area (Å²) in [6, 6.07) is 7.64. The van der Waals surface area contributed by atoms with Gasteiger partial charge < -0.3 is 15.5 Å². The van der Waals surface area contributed by atoms with Crippen molar-refractivity contribution in [2.45, 2.75) is 57.6 Å². The van der Waals surface area contributed by atoms with E-state index in [0.29, 0.717) is 12.0 Å². The average Bonchev–Trinajstić information content (AvgIpc) is 2.92. The van der Waals surface area contributed by atoms with Crippen LogP contribution in [-0.4, -0.2) is 34.4 Å². The minimum Gasteiger partial charge on any atom is -0.396 e. The van der Waals surface area contributed by atoms with Crippen molar-refractivity contribution in [2.75, 3.05) is 6.61 Å². The molecule has 0 saturated heterocycles. The van der Waals surface area contributed by atoms with Crippen molar-refractivity contribution in [3.05, 3.63) is 35.4 Å². The van der Waals surface area contributed by atoms with E-state index < -0.39 is 5.60 Å². The summed E-state index contributed by atoms with van der Waals surface area (Å²) in [4.78, 5) is 12.3. The van der Waals surface area contributed by atoms with Crippen LogP contribution in [0, 0.1) is 5.92 Å². The molecule has 1 aromatic carbocycles. The van der Waals surface area contributed by atoms with Gasteiger partial charge in [-0.15, -0.1) is 0 Å². The smallest absolute Gasteiger partial charge is 0.251 e. The Morgan fingerprint density at radius 2 is 1.95 bits per heavy atom. The van der Waals surface area contributed by atoms with E-state index in [1.54, 1.807) is 13.8 Å². The number of rotatable bonds is 6. The second-order valence-electron chi connectivity index (χ2n) is 6.96. The molecule has 2 unspecified atom stereocenters. The molecule has 0 aliphatic heterocycles. The number of carbonyl (C=O) groups is 1. The summed E-state index contributed by atoms with van der Waals surface area (Å²) in [5.41, 5.74) is 1.10. The van der Waals surface area contributed by atoms with E-state index in [1.807, 2.05) is 24.3 Å². The van der Waals surface area contributed by atoms with Crippen LogP contribution < -0.4 is 5.32 Å². The van der Waals surface area contributed by atoms with Crippen LogP contribution in [0.15, 0.2) is 24.3 Å². The normalized spacial score (nSPS) is 21.8. The molecule has 1 saturated carbocycles. The molecule has 1 aliphatic carbocycles. The van der Waals surface area contributed by atoms with Gasteiger partial charge in [-0.2, -0.15) is 0 Å². The summed E-state index contributed by atoms with van der Waals surface area (Å²) in [6.45, 7) is 3.74. The first kappa shape index (κ1) is 17.0. The molecule has 1 aliphatic rings. The maximum absolute atomic E-state index is 12.3. The summed E-state index contributed by atoms with van der Waals surface area (Å²) in [6.07, 6.45) is 4.48. The number of benzene rings is 1. The van der Waals surface area contributed by atoms with Gasteiger partial charge in [0, 0.05) is 24.1 Å². The third kappa shape index (κ3) is 4.82. The van der Waals surface area contributed by atoms with Crippen molar-refractivity contribution in [1.82, 2.24) is 5.32 Å². The number of carbonyl (C=O) groups excluding carboxylic acids is 1. The van der Waals surface area contributed by atoms with Crippen molar-refractivity contribution in [3.63, 3.8) is 0 Å². The molecule has 1 fully saturated rings. The van der Waals surface area contributed by atoms with Crippen LogP contribution in [0.1, 0.15) is 55.5 Å². The number of aliphatic hydroxyl groups excluding tert-OH is 1. The molecular formula is C18H27NO3. The van der Waals surface area contributed by atoms with Gasteiger partial charge >= 0.3 is 0 Å². The SMILES string of the molecule is CC(C)(O)CCc1ccc(C(=O)NC2CCCC2CO)cc1. The average molecular weight is 305 g/mol. The first-order valence-electron chi connectivity index (χ1n) is 8.12. The van der Waals surface area contributed by atoms with Crippen LogP contribution in [0.5, 0.6) is 0 Å². The van der Waals surface area contributed by atoms with E-state index >= 15 is 0 Å². The molecule has 0 bridgehead atoms. The molecule has 22 heavy (non-hydrogen) atoms. The third-order valence-corrected chi connectivity index (χ3v) is 4.45. The molecule has 0 radical (unpaired) electrons. The number of hydrogen-bond acceptors (Lipinski definition) is 3. The van der Waals surface area contributed by atoms with Crippen LogP contribution in [0.4, 0.5) is 0 Å². The van der Waals surface area contributed by atoms with Gasteiger partial charge in [0.05, 0.1) is 5.60 Å². The minimum atomic E-state index is -0.669. The van der Waals surface area contributed by atoms with E-state index in [2.05, 4.69) is 5.32 Å². The highest BCUT2D eigenvalue weighted by molar-refractivity contribution is 5.94. The Kier molecular flexibility index (Phi) is 5.59. The molecular weight excluding hydrogens is 278 g/mol. The number of aryl methyl sites for hydroxylation is 1. The second-order valence-corrected chi connectivity index (χ2v) is 6.96. The van der Waals surface area contributed by atoms with Crippen LogP contribution in [0.3, 0.4) is 0 Å². The fraction of sp³-hybridized carbons (Fsp3) is 0.611. The van der Waals surface area contributed by atoms with Crippen molar-refractivity contribution in [1.29, 1.82) is 0 Å². The predicted octanol–water partition coefficient (Wildman–Crippen LogP) is 2.28. The molecule has 1 aromatic rings. The van der Waals surface area contributed by atoms with E-state index in [9.17, 15) is 15.0 Å². The van der Waals surface area contributed by atoms with Crippen LogP contribution in [0.25, 0.3) is 0 Å². The minimum absolute atomic E-state index is 0.0700. The molecule has 3 N–H and O–H groups in total. The Hall–Kier alpha value is -1.39. The number of hydrogen-bond donors (Lipinski definition) is 3. The van der Waals surface area contributed by atoms with Crippen molar-refractivity contribution >= 4 is 5.91 Å². The molecule has 1 amide bonds. The van der Waals surface area contributed by atoms with E-state index in [0.717, 1.165) is 31.2 Å². The third-order valence-electron chi connectivity index (χ3n) is 4.45. The van der Waals surface area contributed by atoms with E-state index in [-0.39, 0.29) is 24.5 Å².